The molecule has 5 nitrogen and oxygen atoms in total. The minimum absolute atomic E-state index is 0.0407. The van der Waals surface area contributed by atoms with E-state index in [1.165, 1.54) is 31.3 Å². The molecule has 0 aromatic heterocycles. The zero-order valence-electron chi connectivity index (χ0n) is 13.8. The van der Waals surface area contributed by atoms with Crippen LogP contribution in [0.1, 0.15) is 18.5 Å². The van der Waals surface area contributed by atoms with E-state index < -0.39 is 25.9 Å². The summed E-state index contributed by atoms with van der Waals surface area (Å²) in [5.74, 6) is 0. The lowest BCUT2D eigenvalue weighted by atomic mass is 10.1. The molecule has 136 valence electrons. The van der Waals surface area contributed by atoms with E-state index in [2.05, 4.69) is 0 Å². The van der Waals surface area contributed by atoms with Crippen molar-refractivity contribution >= 4 is 43.1 Å². The Bertz CT molecular complexity index is 967. The molecule has 2 rings (SSSR count). The lowest BCUT2D eigenvalue weighted by Gasteiger charge is -2.25. The average molecular weight is 422 g/mol. The molecule has 0 bridgehead atoms. The van der Waals surface area contributed by atoms with Crippen molar-refractivity contribution in [2.24, 2.45) is 0 Å². The molecule has 0 aliphatic carbocycles. The maximum atomic E-state index is 12.9. The normalized spacial score (nSPS) is 13.8. The van der Waals surface area contributed by atoms with Gasteiger partial charge in [0.1, 0.15) is 4.90 Å². The number of rotatable bonds is 5. The van der Waals surface area contributed by atoms with Gasteiger partial charge in [0.25, 0.3) is 0 Å². The molecule has 0 N–H and O–H groups in total. The summed E-state index contributed by atoms with van der Waals surface area (Å²) in [7, 11) is -5.83. The number of hydrogen-bond donors (Lipinski definition) is 0. The summed E-state index contributed by atoms with van der Waals surface area (Å²) in [6.07, 6.45) is 1.11. The van der Waals surface area contributed by atoms with E-state index in [0.29, 0.717) is 5.56 Å². The Labute approximate surface area is 158 Å². The van der Waals surface area contributed by atoms with Gasteiger partial charge in [-0.3, -0.25) is 0 Å². The molecule has 0 aliphatic heterocycles. The lowest BCUT2D eigenvalue weighted by Crippen LogP contribution is -2.30. The van der Waals surface area contributed by atoms with Gasteiger partial charge in [0.2, 0.25) is 10.0 Å². The van der Waals surface area contributed by atoms with E-state index in [0.717, 1.165) is 10.6 Å². The largest absolute Gasteiger partial charge is 0.246 e. The van der Waals surface area contributed by atoms with Crippen LogP contribution in [-0.4, -0.2) is 34.4 Å². The zero-order chi connectivity index (χ0) is 19.0. The molecule has 0 radical (unpaired) electrons. The predicted molar refractivity (Wildman–Crippen MR) is 99.4 cm³/mol. The maximum Gasteiger partial charge on any atom is 0.246 e. The molecule has 1 unspecified atom stereocenters. The second kappa shape index (κ2) is 7.25. The summed E-state index contributed by atoms with van der Waals surface area (Å²) < 4.78 is 50.0. The zero-order valence-corrected chi connectivity index (χ0v) is 16.9. The highest BCUT2D eigenvalue weighted by Gasteiger charge is 2.30. The molecule has 0 spiro atoms. The van der Waals surface area contributed by atoms with E-state index >= 15 is 0 Å². The SMILES string of the molecule is CC(c1ccc(S(C)(=O)=O)cc1)N(C)S(=O)(=O)c1c(Cl)cccc1Cl. The molecule has 0 saturated heterocycles. The molecule has 25 heavy (non-hydrogen) atoms. The van der Waals surface area contributed by atoms with E-state index in [1.807, 2.05) is 0 Å². The van der Waals surface area contributed by atoms with E-state index in [-0.39, 0.29) is 19.8 Å². The number of sulfone groups is 1. The number of nitrogens with zero attached hydrogens (tertiary/aromatic N) is 1. The molecule has 1 atom stereocenters. The number of sulfonamides is 1. The van der Waals surface area contributed by atoms with Gasteiger partial charge in [-0.05, 0) is 36.8 Å². The monoisotopic (exact) mass is 421 g/mol. The van der Waals surface area contributed by atoms with Crippen LogP contribution in [0.4, 0.5) is 0 Å². The van der Waals surface area contributed by atoms with Gasteiger partial charge in [-0.2, -0.15) is 4.31 Å². The Morgan fingerprint density at radius 2 is 1.40 bits per heavy atom. The smallest absolute Gasteiger partial charge is 0.224 e. The van der Waals surface area contributed by atoms with E-state index in [9.17, 15) is 16.8 Å². The highest BCUT2D eigenvalue weighted by atomic mass is 35.5. The standard InChI is InChI=1S/C16H17Cl2NO4S2/c1-11(12-7-9-13(10-8-12)24(3,20)21)19(2)25(22,23)16-14(17)5-4-6-15(16)18/h4-11H,1-3H3. The molecular formula is C16H17Cl2NO4S2. The summed E-state index contributed by atoms with van der Waals surface area (Å²) in [6.45, 7) is 1.69. The Morgan fingerprint density at radius 1 is 0.920 bits per heavy atom. The fourth-order valence-electron chi connectivity index (χ4n) is 2.28. The minimum Gasteiger partial charge on any atom is -0.224 e. The molecular weight excluding hydrogens is 405 g/mol. The fourth-order valence-corrected chi connectivity index (χ4v) is 5.35. The van der Waals surface area contributed by atoms with E-state index in [4.69, 9.17) is 23.2 Å². The molecule has 9 heteroatoms. The number of halogens is 2. The highest BCUT2D eigenvalue weighted by molar-refractivity contribution is 7.90. The third kappa shape index (κ3) is 4.17. The average Bonchev–Trinajstić information content (AvgIpc) is 2.52. The van der Waals surface area contributed by atoms with Crippen LogP contribution in [0, 0.1) is 0 Å². The van der Waals surface area contributed by atoms with Gasteiger partial charge >= 0.3 is 0 Å². The van der Waals surface area contributed by atoms with Crippen LogP contribution in [0.2, 0.25) is 10.0 Å². The first kappa shape index (κ1) is 20.2. The van der Waals surface area contributed by atoms with Crippen molar-refractivity contribution in [2.75, 3.05) is 13.3 Å². The van der Waals surface area contributed by atoms with Gasteiger partial charge in [0.05, 0.1) is 14.9 Å². The van der Waals surface area contributed by atoms with Gasteiger partial charge in [0.15, 0.2) is 9.84 Å². The van der Waals surface area contributed by atoms with Crippen LogP contribution in [0.3, 0.4) is 0 Å². The van der Waals surface area contributed by atoms with Crippen LogP contribution in [0.25, 0.3) is 0 Å². The molecule has 2 aromatic rings. The van der Waals surface area contributed by atoms with Gasteiger partial charge in [-0.15, -0.1) is 0 Å². The predicted octanol–water partition coefficient (Wildman–Crippen LogP) is 3.78. The number of hydrogen-bond acceptors (Lipinski definition) is 4. The van der Waals surface area contributed by atoms with Gasteiger partial charge in [0, 0.05) is 19.3 Å². The quantitative estimate of drug-likeness (QED) is 0.735. The maximum absolute atomic E-state index is 12.9. The minimum atomic E-state index is -3.94. The van der Waals surface area contributed by atoms with Crippen LogP contribution >= 0.6 is 23.2 Å². The molecule has 0 fully saturated rings. The summed E-state index contributed by atoms with van der Waals surface area (Å²) in [4.78, 5) is 0.0172. The Balaban J connectivity index is 2.41. The van der Waals surface area contributed by atoms with Gasteiger partial charge in [-0.25, -0.2) is 16.8 Å². The Morgan fingerprint density at radius 3 is 1.84 bits per heavy atom. The van der Waals surface area contributed by atoms with Crippen molar-refractivity contribution in [3.63, 3.8) is 0 Å². The van der Waals surface area contributed by atoms with E-state index in [1.54, 1.807) is 25.1 Å². The molecule has 0 aliphatic rings. The Hall–Kier alpha value is -1.12. The molecule has 0 heterocycles. The van der Waals surface area contributed by atoms with Gasteiger partial charge < -0.3 is 0 Å². The Kier molecular flexibility index (Phi) is 5.85. The topological polar surface area (TPSA) is 71.5 Å². The van der Waals surface area contributed by atoms with Crippen LogP contribution in [0.15, 0.2) is 52.3 Å². The molecule has 0 saturated carbocycles. The summed E-state index contributed by atoms with van der Waals surface area (Å²) >= 11 is 12.0. The van der Waals surface area contributed by atoms with Crippen LogP contribution in [-0.2, 0) is 19.9 Å². The summed E-state index contributed by atoms with van der Waals surface area (Å²) in [5.41, 5.74) is 0.640. The summed E-state index contributed by atoms with van der Waals surface area (Å²) in [6, 6.07) is 10.00. The number of benzene rings is 2. The van der Waals surface area contributed by atoms with Crippen molar-refractivity contribution in [1.29, 1.82) is 0 Å². The van der Waals surface area contributed by atoms with Crippen molar-refractivity contribution < 1.29 is 16.8 Å². The second-order valence-corrected chi connectivity index (χ2v) is 10.4. The first-order chi connectivity index (χ1) is 11.5. The van der Waals surface area contributed by atoms with Crippen LogP contribution < -0.4 is 0 Å². The summed E-state index contributed by atoms with van der Waals surface area (Å²) in [5, 5.41) is 0.0814. The molecule has 0 amide bonds. The van der Waals surface area contributed by atoms with Crippen molar-refractivity contribution in [1.82, 2.24) is 4.31 Å². The van der Waals surface area contributed by atoms with Crippen molar-refractivity contribution in [3.05, 3.63) is 58.1 Å². The van der Waals surface area contributed by atoms with Crippen LogP contribution in [0.5, 0.6) is 0 Å². The second-order valence-electron chi connectivity index (χ2n) is 5.59. The van der Waals surface area contributed by atoms with Crippen molar-refractivity contribution in [2.45, 2.75) is 22.8 Å². The van der Waals surface area contributed by atoms with Gasteiger partial charge in [-0.1, -0.05) is 41.4 Å². The molecule has 2 aromatic carbocycles. The third-order valence-corrected chi connectivity index (χ3v) is 7.90. The van der Waals surface area contributed by atoms with Crippen molar-refractivity contribution in [3.8, 4) is 0 Å². The first-order valence-corrected chi connectivity index (χ1v) is 11.3. The fraction of sp³-hybridized carbons (Fsp3) is 0.250. The lowest BCUT2D eigenvalue weighted by molar-refractivity contribution is 0.398. The first-order valence-electron chi connectivity index (χ1n) is 7.18. The highest BCUT2D eigenvalue weighted by Crippen LogP contribution is 2.34. The third-order valence-electron chi connectivity index (χ3n) is 3.89.